The molecular formula is C20H19Cl2NO4Ru. The number of benzene rings is 2. The van der Waals surface area contributed by atoms with E-state index in [4.69, 9.17) is 28.9 Å². The number of methoxy groups -OCH3 is 1. The Morgan fingerprint density at radius 2 is 1.89 bits per heavy atom. The molecule has 150 valence electrons. The van der Waals surface area contributed by atoms with E-state index in [1.807, 2.05) is 19.9 Å². The summed E-state index contributed by atoms with van der Waals surface area (Å²) in [5.74, 6) is 0.128. The van der Waals surface area contributed by atoms with E-state index in [2.05, 4.69) is 0 Å². The van der Waals surface area contributed by atoms with Crippen LogP contribution in [0.25, 0.3) is 0 Å². The first-order valence-electron chi connectivity index (χ1n) is 8.48. The molecule has 0 saturated carbocycles. The number of carbonyl (C=O) groups is 2. The van der Waals surface area contributed by atoms with Gasteiger partial charge in [0.05, 0.1) is 0 Å². The molecule has 0 radical (unpaired) electrons. The van der Waals surface area contributed by atoms with Crippen molar-refractivity contribution in [1.82, 2.24) is 0 Å². The standard InChI is InChI=1S/C20H19NO4.2ClH.Ru/c1-12(2)17-20(23)21(16-7-5-6-13(3)18(16)25-17)19(22)14-8-10-15(24-4)11-9-14;;;/h3,5-12,17H,1-2,4H3;2*1H;/q;;;+2/p-2. The maximum atomic E-state index is 13.2. The zero-order valence-corrected chi connectivity index (χ0v) is 18.7. The van der Waals surface area contributed by atoms with Crippen LogP contribution in [-0.2, 0) is 18.3 Å². The van der Waals surface area contributed by atoms with Crippen LogP contribution in [0, 0.1) is 5.92 Å². The van der Waals surface area contributed by atoms with E-state index >= 15 is 0 Å². The topological polar surface area (TPSA) is 55.8 Å². The molecule has 0 aromatic heterocycles. The van der Waals surface area contributed by atoms with Gasteiger partial charge in [-0.05, 0) is 0 Å². The summed E-state index contributed by atoms with van der Waals surface area (Å²) in [4.78, 5) is 27.5. The quantitative estimate of drug-likeness (QED) is 0.454. The summed E-state index contributed by atoms with van der Waals surface area (Å²) in [6, 6.07) is 11.9. The van der Waals surface area contributed by atoms with Gasteiger partial charge < -0.3 is 0 Å². The first kappa shape index (κ1) is 21.0. The van der Waals surface area contributed by atoms with Crippen LogP contribution in [0.5, 0.6) is 11.5 Å². The number of amides is 2. The molecule has 1 heterocycles. The third-order valence-corrected chi connectivity index (χ3v) is 6.14. The third-order valence-electron chi connectivity index (χ3n) is 4.31. The van der Waals surface area contributed by atoms with E-state index in [0.717, 1.165) is 0 Å². The summed E-state index contributed by atoms with van der Waals surface area (Å²) < 4.78 is 12.9. The molecular weight excluding hydrogens is 490 g/mol. The Bertz CT molecular complexity index is 940. The summed E-state index contributed by atoms with van der Waals surface area (Å²) in [7, 11) is 13.6. The van der Waals surface area contributed by atoms with E-state index in [9.17, 15) is 9.59 Å². The predicted octanol–water partition coefficient (Wildman–Crippen LogP) is 4.36. The molecule has 0 bridgehead atoms. The fraction of sp³-hybridized carbons (Fsp3) is 0.250. The summed E-state index contributed by atoms with van der Waals surface area (Å²) >= 11 is -2.13. The fourth-order valence-electron chi connectivity index (χ4n) is 2.93. The van der Waals surface area contributed by atoms with Crippen molar-refractivity contribution in [2.24, 2.45) is 5.92 Å². The zero-order chi connectivity index (χ0) is 20.4. The molecule has 0 spiro atoms. The van der Waals surface area contributed by atoms with Gasteiger partial charge in [-0.2, -0.15) is 0 Å². The average molecular weight is 509 g/mol. The molecule has 2 aromatic rings. The van der Waals surface area contributed by atoms with Gasteiger partial charge in [-0.3, -0.25) is 0 Å². The Morgan fingerprint density at radius 1 is 1.21 bits per heavy atom. The van der Waals surface area contributed by atoms with Gasteiger partial charge in [0.15, 0.2) is 0 Å². The van der Waals surface area contributed by atoms with Gasteiger partial charge >= 0.3 is 177 Å². The number of hydrogen-bond donors (Lipinski definition) is 0. The van der Waals surface area contributed by atoms with Crippen LogP contribution in [0.2, 0.25) is 0 Å². The Labute approximate surface area is 176 Å². The molecule has 1 aliphatic rings. The van der Waals surface area contributed by atoms with Crippen LogP contribution in [0.15, 0.2) is 42.5 Å². The normalized spacial score (nSPS) is 16.4. The van der Waals surface area contributed by atoms with Gasteiger partial charge in [0.25, 0.3) is 0 Å². The Morgan fingerprint density at radius 3 is 2.46 bits per heavy atom. The molecule has 3 rings (SSSR count). The van der Waals surface area contributed by atoms with E-state index in [-0.39, 0.29) is 5.92 Å². The van der Waals surface area contributed by atoms with E-state index < -0.39 is 31.4 Å². The fourth-order valence-corrected chi connectivity index (χ4v) is 4.71. The number of rotatable bonds is 4. The molecule has 28 heavy (non-hydrogen) atoms. The average Bonchev–Trinajstić information content (AvgIpc) is 2.66. The number of carbonyl (C=O) groups excluding carboxylic acids is 2. The van der Waals surface area contributed by atoms with E-state index in [1.165, 1.54) is 4.90 Å². The van der Waals surface area contributed by atoms with Crippen LogP contribution < -0.4 is 14.4 Å². The van der Waals surface area contributed by atoms with Gasteiger partial charge in [-0.15, -0.1) is 0 Å². The molecule has 0 aliphatic carbocycles. The molecule has 0 saturated heterocycles. The monoisotopic (exact) mass is 509 g/mol. The van der Waals surface area contributed by atoms with Gasteiger partial charge in [0, 0.05) is 0 Å². The van der Waals surface area contributed by atoms with Crippen LogP contribution in [0.3, 0.4) is 0 Å². The van der Waals surface area contributed by atoms with Crippen LogP contribution >= 0.6 is 19.4 Å². The Hall–Kier alpha value is -1.75. The van der Waals surface area contributed by atoms with Gasteiger partial charge in [0.2, 0.25) is 0 Å². The van der Waals surface area contributed by atoms with Crippen molar-refractivity contribution >= 4 is 41.5 Å². The Balaban J connectivity index is 2.12. The van der Waals surface area contributed by atoms with Crippen molar-refractivity contribution in [2.75, 3.05) is 12.0 Å². The van der Waals surface area contributed by atoms with Crippen molar-refractivity contribution < 1.29 is 32.6 Å². The van der Waals surface area contributed by atoms with Gasteiger partial charge in [0.1, 0.15) is 0 Å². The minimum absolute atomic E-state index is 0.125. The number of nitrogens with zero attached hydrogens (tertiary/aromatic N) is 1. The van der Waals surface area contributed by atoms with Crippen LogP contribution in [0.1, 0.15) is 29.8 Å². The second-order valence-corrected chi connectivity index (χ2v) is 12.2. The second-order valence-electron chi connectivity index (χ2n) is 6.49. The molecule has 1 atom stereocenters. The SMILES string of the molecule is COc1ccc(C(=O)N2C(=O)C(C(C)C)Oc3c([CH]=[Ru]([Cl])[Cl])cccc32)cc1. The van der Waals surface area contributed by atoms with Gasteiger partial charge in [-0.1, -0.05) is 0 Å². The number of fused-ring (bicyclic) bond motifs is 1. The first-order chi connectivity index (χ1) is 13.3. The third kappa shape index (κ3) is 4.14. The molecule has 8 heteroatoms. The number of halogens is 2. The molecule has 1 aliphatic heterocycles. The molecule has 0 N–H and O–H groups in total. The van der Waals surface area contributed by atoms with E-state index in [0.29, 0.717) is 28.3 Å². The maximum absolute atomic E-state index is 13.2. The number of para-hydroxylation sites is 1. The first-order valence-corrected chi connectivity index (χ1v) is 14.0. The summed E-state index contributed by atoms with van der Waals surface area (Å²) in [6.07, 6.45) is -0.782. The van der Waals surface area contributed by atoms with Crippen LogP contribution in [-0.4, -0.2) is 29.6 Å². The molecule has 5 nitrogen and oxygen atoms in total. The molecule has 2 aromatic carbocycles. The van der Waals surface area contributed by atoms with E-state index in [1.54, 1.807) is 48.1 Å². The zero-order valence-electron chi connectivity index (χ0n) is 15.5. The number of hydrogen-bond acceptors (Lipinski definition) is 4. The van der Waals surface area contributed by atoms with Crippen molar-refractivity contribution in [3.8, 4) is 11.5 Å². The summed E-state index contributed by atoms with van der Waals surface area (Å²) in [6.45, 7) is 3.74. The van der Waals surface area contributed by atoms with Crippen molar-refractivity contribution in [3.63, 3.8) is 0 Å². The Kier molecular flexibility index (Phi) is 6.54. The summed E-state index contributed by atoms with van der Waals surface area (Å²) in [5, 5.41) is 0. The number of ether oxygens (including phenoxy) is 2. The molecule has 0 fully saturated rings. The van der Waals surface area contributed by atoms with Crippen molar-refractivity contribution in [1.29, 1.82) is 0 Å². The van der Waals surface area contributed by atoms with Crippen molar-refractivity contribution in [3.05, 3.63) is 53.6 Å². The van der Waals surface area contributed by atoms with Crippen molar-refractivity contribution in [2.45, 2.75) is 20.0 Å². The van der Waals surface area contributed by atoms with Crippen LogP contribution in [0.4, 0.5) is 5.69 Å². The predicted molar refractivity (Wildman–Crippen MR) is 107 cm³/mol. The van der Waals surface area contributed by atoms with Gasteiger partial charge in [-0.25, -0.2) is 0 Å². The molecule has 2 amide bonds. The minimum atomic E-state index is -2.13. The second kappa shape index (κ2) is 8.73. The molecule has 1 unspecified atom stereocenters. The summed E-state index contributed by atoms with van der Waals surface area (Å²) in [5.41, 5.74) is 1.45. The number of imide groups is 1. The number of anilines is 1.